The van der Waals surface area contributed by atoms with Crippen molar-refractivity contribution in [3.8, 4) is 0 Å². The third-order valence-electron chi connectivity index (χ3n) is 4.06. The predicted molar refractivity (Wildman–Crippen MR) is 74.0 cm³/mol. The van der Waals surface area contributed by atoms with Crippen LogP contribution in [0.2, 0.25) is 0 Å². The van der Waals surface area contributed by atoms with Crippen molar-refractivity contribution in [3.05, 3.63) is 11.6 Å². The standard InChI is InChI=1S/C13H24N2O2S/c1-11-6-8-15(12(2)9-11)18(16,17)13-5-4-7-14(3)10-13/h6,12-13H,4-5,7-10H2,1-3H3. The minimum absolute atomic E-state index is 0.104. The number of sulfonamides is 1. The van der Waals surface area contributed by atoms with Crippen LogP contribution in [-0.2, 0) is 10.0 Å². The van der Waals surface area contributed by atoms with Gasteiger partial charge in [-0.05, 0) is 46.7 Å². The van der Waals surface area contributed by atoms with Gasteiger partial charge in [-0.3, -0.25) is 0 Å². The molecule has 18 heavy (non-hydrogen) atoms. The van der Waals surface area contributed by atoms with Crippen molar-refractivity contribution in [1.29, 1.82) is 0 Å². The van der Waals surface area contributed by atoms with Crippen molar-refractivity contribution >= 4 is 10.0 Å². The lowest BCUT2D eigenvalue weighted by Gasteiger charge is -2.37. The van der Waals surface area contributed by atoms with Gasteiger partial charge in [0.1, 0.15) is 0 Å². The molecule has 0 bridgehead atoms. The summed E-state index contributed by atoms with van der Waals surface area (Å²) in [6, 6.07) is 0.104. The van der Waals surface area contributed by atoms with Crippen LogP contribution in [0.3, 0.4) is 0 Å². The van der Waals surface area contributed by atoms with Crippen LogP contribution in [-0.4, -0.2) is 55.6 Å². The summed E-state index contributed by atoms with van der Waals surface area (Å²) in [6.45, 7) is 6.33. The molecule has 0 aromatic carbocycles. The molecular formula is C13H24N2O2S. The molecule has 0 aromatic heterocycles. The maximum Gasteiger partial charge on any atom is 0.218 e. The molecule has 0 aliphatic carbocycles. The molecule has 0 N–H and O–H groups in total. The van der Waals surface area contributed by atoms with Gasteiger partial charge in [0.2, 0.25) is 10.0 Å². The fraction of sp³-hybridized carbons (Fsp3) is 0.846. The van der Waals surface area contributed by atoms with Crippen LogP contribution < -0.4 is 0 Å². The van der Waals surface area contributed by atoms with Gasteiger partial charge in [-0.25, -0.2) is 8.42 Å². The highest BCUT2D eigenvalue weighted by atomic mass is 32.2. The summed E-state index contributed by atoms with van der Waals surface area (Å²) in [5, 5.41) is -0.217. The number of nitrogens with zero attached hydrogens (tertiary/aromatic N) is 2. The molecule has 2 heterocycles. The molecule has 1 saturated heterocycles. The van der Waals surface area contributed by atoms with E-state index in [1.807, 2.05) is 20.0 Å². The van der Waals surface area contributed by atoms with Gasteiger partial charge in [-0.2, -0.15) is 4.31 Å². The number of rotatable bonds is 2. The van der Waals surface area contributed by atoms with E-state index in [-0.39, 0.29) is 11.3 Å². The normalized spacial score (nSPS) is 32.3. The van der Waals surface area contributed by atoms with Crippen molar-refractivity contribution in [2.75, 3.05) is 26.7 Å². The van der Waals surface area contributed by atoms with Gasteiger partial charge in [-0.1, -0.05) is 11.6 Å². The van der Waals surface area contributed by atoms with E-state index in [2.05, 4.69) is 11.8 Å². The van der Waals surface area contributed by atoms with Gasteiger partial charge < -0.3 is 4.90 Å². The Bertz CT molecular complexity index is 430. The van der Waals surface area contributed by atoms with Crippen LogP contribution in [0.4, 0.5) is 0 Å². The van der Waals surface area contributed by atoms with Crippen molar-refractivity contribution < 1.29 is 8.42 Å². The Hall–Kier alpha value is -0.390. The van der Waals surface area contributed by atoms with Crippen molar-refractivity contribution in [2.45, 2.75) is 44.4 Å². The lowest BCUT2D eigenvalue weighted by molar-refractivity contribution is 0.265. The molecule has 0 saturated carbocycles. The van der Waals surface area contributed by atoms with E-state index in [1.165, 1.54) is 5.57 Å². The maximum absolute atomic E-state index is 12.7. The minimum atomic E-state index is -3.14. The van der Waals surface area contributed by atoms with E-state index < -0.39 is 10.0 Å². The second kappa shape index (κ2) is 5.31. The summed E-state index contributed by atoms with van der Waals surface area (Å²) in [7, 11) is -1.14. The number of hydrogen-bond acceptors (Lipinski definition) is 3. The monoisotopic (exact) mass is 272 g/mol. The van der Waals surface area contributed by atoms with Crippen LogP contribution in [0, 0.1) is 0 Å². The Morgan fingerprint density at radius 2 is 2.11 bits per heavy atom. The molecule has 2 rings (SSSR count). The summed E-state index contributed by atoms with van der Waals surface area (Å²) in [5.41, 5.74) is 1.30. The highest BCUT2D eigenvalue weighted by Gasteiger charge is 2.37. The summed E-state index contributed by atoms with van der Waals surface area (Å²) in [5.74, 6) is 0. The molecule has 1 fully saturated rings. The SMILES string of the molecule is CC1=CCN(S(=O)(=O)C2CCCN(C)C2)C(C)C1. The van der Waals surface area contributed by atoms with Crippen LogP contribution in [0.5, 0.6) is 0 Å². The Labute approximate surface area is 111 Å². The first-order chi connectivity index (χ1) is 8.41. The average molecular weight is 272 g/mol. The molecule has 104 valence electrons. The van der Waals surface area contributed by atoms with Crippen molar-refractivity contribution in [2.24, 2.45) is 0 Å². The van der Waals surface area contributed by atoms with Crippen molar-refractivity contribution in [1.82, 2.24) is 9.21 Å². The fourth-order valence-electron chi connectivity index (χ4n) is 2.99. The molecule has 2 unspecified atom stereocenters. The molecule has 5 heteroatoms. The topological polar surface area (TPSA) is 40.6 Å². The van der Waals surface area contributed by atoms with E-state index in [1.54, 1.807) is 4.31 Å². The molecule has 0 amide bonds. The van der Waals surface area contributed by atoms with E-state index in [0.717, 1.165) is 25.8 Å². The molecule has 2 atom stereocenters. The summed E-state index contributed by atoms with van der Waals surface area (Å²) in [4.78, 5) is 2.13. The van der Waals surface area contributed by atoms with Crippen molar-refractivity contribution in [3.63, 3.8) is 0 Å². The number of piperidine rings is 1. The largest absolute Gasteiger partial charge is 0.305 e. The predicted octanol–water partition coefficient (Wildman–Crippen LogP) is 1.45. The first-order valence-electron chi connectivity index (χ1n) is 6.76. The molecule has 0 radical (unpaired) electrons. The average Bonchev–Trinajstić information content (AvgIpc) is 2.28. The second-order valence-corrected chi connectivity index (χ2v) is 7.91. The summed E-state index contributed by atoms with van der Waals surface area (Å²) >= 11 is 0. The zero-order valence-corrected chi connectivity index (χ0v) is 12.4. The first-order valence-corrected chi connectivity index (χ1v) is 8.26. The Morgan fingerprint density at radius 1 is 1.39 bits per heavy atom. The lowest BCUT2D eigenvalue weighted by atomic mass is 10.1. The summed E-state index contributed by atoms with van der Waals surface area (Å²) in [6.07, 6.45) is 4.70. The van der Waals surface area contributed by atoms with Crippen LogP contribution in [0.15, 0.2) is 11.6 Å². The number of hydrogen-bond donors (Lipinski definition) is 0. The molecule has 2 aliphatic heterocycles. The van der Waals surface area contributed by atoms with E-state index in [0.29, 0.717) is 13.1 Å². The smallest absolute Gasteiger partial charge is 0.218 e. The molecule has 4 nitrogen and oxygen atoms in total. The maximum atomic E-state index is 12.7. The molecule has 2 aliphatic rings. The second-order valence-electron chi connectivity index (χ2n) is 5.74. The van der Waals surface area contributed by atoms with Gasteiger partial charge >= 0.3 is 0 Å². The van der Waals surface area contributed by atoms with E-state index >= 15 is 0 Å². The molecule has 0 spiro atoms. The first kappa shape index (κ1) is 14.0. The van der Waals surface area contributed by atoms with Gasteiger partial charge in [0.25, 0.3) is 0 Å². The van der Waals surface area contributed by atoms with Gasteiger partial charge in [0, 0.05) is 19.1 Å². The quantitative estimate of drug-likeness (QED) is 0.714. The van der Waals surface area contributed by atoms with Gasteiger partial charge in [0.15, 0.2) is 0 Å². The zero-order valence-electron chi connectivity index (χ0n) is 11.6. The van der Waals surface area contributed by atoms with Gasteiger partial charge in [-0.15, -0.1) is 0 Å². The Balaban J connectivity index is 2.15. The van der Waals surface area contributed by atoms with Crippen LogP contribution in [0.1, 0.15) is 33.1 Å². The summed E-state index contributed by atoms with van der Waals surface area (Å²) < 4.78 is 27.0. The minimum Gasteiger partial charge on any atom is -0.305 e. The van der Waals surface area contributed by atoms with Crippen LogP contribution >= 0.6 is 0 Å². The third-order valence-corrected chi connectivity index (χ3v) is 6.45. The van der Waals surface area contributed by atoms with E-state index in [4.69, 9.17) is 0 Å². The Kier molecular flexibility index (Phi) is 4.14. The van der Waals surface area contributed by atoms with E-state index in [9.17, 15) is 8.42 Å². The lowest BCUT2D eigenvalue weighted by Crippen LogP contribution is -2.50. The molecular weight excluding hydrogens is 248 g/mol. The third kappa shape index (κ3) is 2.78. The highest BCUT2D eigenvalue weighted by molar-refractivity contribution is 7.89. The van der Waals surface area contributed by atoms with Crippen LogP contribution in [0.25, 0.3) is 0 Å². The number of likely N-dealkylation sites (tertiary alicyclic amines) is 1. The Morgan fingerprint density at radius 3 is 2.72 bits per heavy atom. The molecule has 0 aromatic rings. The zero-order chi connectivity index (χ0) is 13.3. The highest BCUT2D eigenvalue weighted by Crippen LogP contribution is 2.26. The fourth-order valence-corrected chi connectivity index (χ4v) is 5.13. The van der Waals surface area contributed by atoms with Gasteiger partial charge in [0.05, 0.1) is 5.25 Å².